The summed E-state index contributed by atoms with van der Waals surface area (Å²) in [7, 11) is 0. The Morgan fingerprint density at radius 2 is 1.86 bits per heavy atom. The van der Waals surface area contributed by atoms with Crippen LogP contribution in [0.1, 0.15) is 44.2 Å². The van der Waals surface area contributed by atoms with E-state index in [0.29, 0.717) is 5.92 Å². The molecule has 112 valence electrons. The fraction of sp³-hybridized carbons (Fsp3) is 0.368. The summed E-state index contributed by atoms with van der Waals surface area (Å²) < 4.78 is 6.09. The average molecular weight is 283 g/mol. The number of ether oxygens (including phenoxy) is 1. The lowest BCUT2D eigenvalue weighted by Crippen LogP contribution is -2.14. The molecule has 21 heavy (non-hydrogen) atoms. The van der Waals surface area contributed by atoms with Gasteiger partial charge in [0, 0.05) is 12.1 Å². The lowest BCUT2D eigenvalue weighted by Gasteiger charge is -2.13. The van der Waals surface area contributed by atoms with E-state index in [9.17, 15) is 0 Å². The average Bonchev–Trinajstić information content (AvgIpc) is 2.49. The number of hydrogen-bond acceptors (Lipinski definition) is 2. The molecule has 0 aliphatic carbocycles. The molecule has 0 amide bonds. The Balaban J connectivity index is 2.13. The van der Waals surface area contributed by atoms with E-state index in [2.05, 4.69) is 56.4 Å². The number of nitrogens with one attached hydrogen (secondary N) is 1. The molecule has 0 saturated carbocycles. The zero-order valence-corrected chi connectivity index (χ0v) is 13.2. The van der Waals surface area contributed by atoms with Crippen LogP contribution in [-0.2, 0) is 6.54 Å². The third kappa shape index (κ3) is 4.61. The summed E-state index contributed by atoms with van der Waals surface area (Å²) in [6.45, 7) is 8.43. The van der Waals surface area contributed by atoms with Crippen LogP contribution >= 0.6 is 0 Å². The van der Waals surface area contributed by atoms with Gasteiger partial charge in [0.15, 0.2) is 0 Å². The summed E-state index contributed by atoms with van der Waals surface area (Å²) in [4.78, 5) is 0. The normalized spacial score (nSPS) is 10.9. The van der Waals surface area contributed by atoms with Crippen molar-refractivity contribution >= 4 is 0 Å². The van der Waals surface area contributed by atoms with Crippen molar-refractivity contribution in [1.29, 1.82) is 0 Å². The highest BCUT2D eigenvalue weighted by molar-refractivity contribution is 5.39. The van der Waals surface area contributed by atoms with E-state index in [0.717, 1.165) is 31.0 Å². The molecule has 0 fully saturated rings. The summed E-state index contributed by atoms with van der Waals surface area (Å²) in [6, 6.07) is 16.6. The van der Waals surface area contributed by atoms with Gasteiger partial charge in [0.2, 0.25) is 0 Å². The zero-order valence-electron chi connectivity index (χ0n) is 13.2. The molecular weight excluding hydrogens is 258 g/mol. The van der Waals surface area contributed by atoms with Crippen LogP contribution in [-0.4, -0.2) is 6.54 Å². The Bertz CT molecular complexity index is 563. The second-order valence-corrected chi connectivity index (χ2v) is 5.61. The number of para-hydroxylation sites is 1. The van der Waals surface area contributed by atoms with Gasteiger partial charge >= 0.3 is 0 Å². The van der Waals surface area contributed by atoms with Gasteiger partial charge in [-0.05, 0) is 42.6 Å². The topological polar surface area (TPSA) is 21.3 Å². The molecule has 0 aliphatic heterocycles. The molecule has 2 rings (SSSR count). The Morgan fingerprint density at radius 1 is 1.05 bits per heavy atom. The van der Waals surface area contributed by atoms with Crippen LogP contribution in [0.4, 0.5) is 0 Å². The minimum Gasteiger partial charge on any atom is -0.457 e. The molecule has 0 aromatic heterocycles. The highest BCUT2D eigenvalue weighted by atomic mass is 16.5. The van der Waals surface area contributed by atoms with Gasteiger partial charge < -0.3 is 10.1 Å². The van der Waals surface area contributed by atoms with Gasteiger partial charge in [-0.2, -0.15) is 0 Å². The molecule has 0 atom stereocenters. The Labute approximate surface area is 128 Å². The first-order valence-electron chi connectivity index (χ1n) is 7.77. The summed E-state index contributed by atoms with van der Waals surface area (Å²) in [6.07, 6.45) is 1.14. The maximum absolute atomic E-state index is 6.09. The van der Waals surface area contributed by atoms with Crippen LogP contribution < -0.4 is 10.1 Å². The fourth-order valence-corrected chi connectivity index (χ4v) is 2.21. The second kappa shape index (κ2) is 7.84. The Kier molecular flexibility index (Phi) is 5.82. The molecule has 2 heteroatoms. The Morgan fingerprint density at radius 3 is 2.62 bits per heavy atom. The number of rotatable bonds is 7. The van der Waals surface area contributed by atoms with E-state index in [4.69, 9.17) is 4.74 Å². The van der Waals surface area contributed by atoms with Crippen molar-refractivity contribution in [3.05, 3.63) is 59.7 Å². The van der Waals surface area contributed by atoms with Gasteiger partial charge in [-0.25, -0.2) is 0 Å². The molecule has 0 unspecified atom stereocenters. The predicted molar refractivity (Wildman–Crippen MR) is 89.0 cm³/mol. The van der Waals surface area contributed by atoms with Crippen molar-refractivity contribution in [2.24, 2.45) is 0 Å². The monoisotopic (exact) mass is 283 g/mol. The summed E-state index contributed by atoms with van der Waals surface area (Å²) in [5.41, 5.74) is 2.50. The zero-order chi connectivity index (χ0) is 15.1. The fourth-order valence-electron chi connectivity index (χ4n) is 2.21. The van der Waals surface area contributed by atoms with Crippen LogP contribution in [0.25, 0.3) is 0 Å². The molecule has 1 N–H and O–H groups in total. The van der Waals surface area contributed by atoms with E-state index in [-0.39, 0.29) is 0 Å². The first-order valence-corrected chi connectivity index (χ1v) is 7.77. The third-order valence-corrected chi connectivity index (χ3v) is 3.47. The number of hydrogen-bond donors (Lipinski definition) is 1. The molecular formula is C19H25NO. The SMILES string of the molecule is CCCNCc1ccccc1Oc1cccc(C(C)C)c1. The van der Waals surface area contributed by atoms with Crippen LogP contribution in [0.15, 0.2) is 48.5 Å². The van der Waals surface area contributed by atoms with Crippen LogP contribution in [0.3, 0.4) is 0 Å². The van der Waals surface area contributed by atoms with Crippen molar-refractivity contribution in [2.45, 2.75) is 39.7 Å². The van der Waals surface area contributed by atoms with E-state index in [1.807, 2.05) is 18.2 Å². The standard InChI is InChI=1S/C19H25NO/c1-4-12-20-14-17-8-5-6-11-19(17)21-18-10-7-9-16(13-18)15(2)3/h5-11,13,15,20H,4,12,14H2,1-3H3. The quantitative estimate of drug-likeness (QED) is 0.714. The molecule has 0 bridgehead atoms. The van der Waals surface area contributed by atoms with Crippen LogP contribution in [0, 0.1) is 0 Å². The van der Waals surface area contributed by atoms with Crippen LogP contribution in [0.2, 0.25) is 0 Å². The summed E-state index contributed by atoms with van der Waals surface area (Å²) in [5.74, 6) is 2.35. The smallest absolute Gasteiger partial charge is 0.131 e. The molecule has 0 heterocycles. The van der Waals surface area contributed by atoms with Crippen molar-refractivity contribution < 1.29 is 4.74 Å². The van der Waals surface area contributed by atoms with E-state index < -0.39 is 0 Å². The first-order chi connectivity index (χ1) is 10.2. The molecule has 2 nitrogen and oxygen atoms in total. The largest absolute Gasteiger partial charge is 0.457 e. The lowest BCUT2D eigenvalue weighted by atomic mass is 10.0. The molecule has 0 spiro atoms. The number of benzene rings is 2. The maximum Gasteiger partial charge on any atom is 0.131 e. The first kappa shape index (κ1) is 15.6. The van der Waals surface area contributed by atoms with Gasteiger partial charge in [0.1, 0.15) is 11.5 Å². The molecule has 0 aliphatic rings. The minimum atomic E-state index is 0.509. The third-order valence-electron chi connectivity index (χ3n) is 3.47. The van der Waals surface area contributed by atoms with Crippen LogP contribution in [0.5, 0.6) is 11.5 Å². The van der Waals surface area contributed by atoms with E-state index >= 15 is 0 Å². The predicted octanol–water partition coefficient (Wildman–Crippen LogP) is 5.10. The van der Waals surface area contributed by atoms with Gasteiger partial charge in [-0.3, -0.25) is 0 Å². The highest BCUT2D eigenvalue weighted by Gasteiger charge is 2.06. The molecule has 0 saturated heterocycles. The Hall–Kier alpha value is -1.80. The van der Waals surface area contributed by atoms with Gasteiger partial charge in [0.05, 0.1) is 0 Å². The van der Waals surface area contributed by atoms with E-state index in [1.165, 1.54) is 11.1 Å². The van der Waals surface area contributed by atoms with Crippen molar-refractivity contribution in [3.8, 4) is 11.5 Å². The van der Waals surface area contributed by atoms with Gasteiger partial charge in [-0.15, -0.1) is 0 Å². The van der Waals surface area contributed by atoms with Crippen molar-refractivity contribution in [1.82, 2.24) is 5.32 Å². The second-order valence-electron chi connectivity index (χ2n) is 5.61. The highest BCUT2D eigenvalue weighted by Crippen LogP contribution is 2.27. The minimum absolute atomic E-state index is 0.509. The van der Waals surface area contributed by atoms with E-state index in [1.54, 1.807) is 0 Å². The maximum atomic E-state index is 6.09. The summed E-state index contributed by atoms with van der Waals surface area (Å²) in [5, 5.41) is 3.43. The van der Waals surface area contributed by atoms with Gasteiger partial charge in [-0.1, -0.05) is 51.1 Å². The van der Waals surface area contributed by atoms with Crippen molar-refractivity contribution in [3.63, 3.8) is 0 Å². The molecule has 0 radical (unpaired) electrons. The molecule has 2 aromatic rings. The van der Waals surface area contributed by atoms with Crippen molar-refractivity contribution in [2.75, 3.05) is 6.54 Å². The van der Waals surface area contributed by atoms with Gasteiger partial charge in [0.25, 0.3) is 0 Å². The lowest BCUT2D eigenvalue weighted by molar-refractivity contribution is 0.471. The molecule has 2 aromatic carbocycles. The summed E-state index contributed by atoms with van der Waals surface area (Å²) >= 11 is 0.